The van der Waals surface area contributed by atoms with Crippen LogP contribution in [0.2, 0.25) is 0 Å². The number of fused-ring (bicyclic) bond motifs is 1. The first-order chi connectivity index (χ1) is 7.77. The van der Waals surface area contributed by atoms with Crippen molar-refractivity contribution in [2.45, 2.75) is 0 Å². The number of hydrogen-bond acceptors (Lipinski definition) is 1. The molecule has 16 heavy (non-hydrogen) atoms. The molecule has 0 spiro atoms. The molecule has 1 aromatic carbocycles. The van der Waals surface area contributed by atoms with Gasteiger partial charge in [0, 0.05) is 8.90 Å². The van der Waals surface area contributed by atoms with Crippen molar-refractivity contribution in [2.24, 2.45) is 0 Å². The molecule has 2 rings (SSSR count). The Morgan fingerprint density at radius 1 is 1.50 bits per heavy atom. The van der Waals surface area contributed by atoms with Crippen LogP contribution in [0.15, 0.2) is 33.2 Å². The van der Waals surface area contributed by atoms with Crippen molar-refractivity contribution in [1.82, 2.24) is 0 Å². The van der Waals surface area contributed by atoms with Crippen LogP contribution in [-0.4, -0.2) is 4.43 Å². The molecule has 80 valence electrons. The number of hydrogen-bond donors (Lipinski definition) is 0. The van der Waals surface area contributed by atoms with E-state index in [4.69, 9.17) is 10.8 Å². The van der Waals surface area contributed by atoms with Gasteiger partial charge in [-0.1, -0.05) is 40.7 Å². The van der Waals surface area contributed by atoms with E-state index in [-0.39, 0.29) is 0 Å². The van der Waals surface area contributed by atoms with E-state index in [0.717, 1.165) is 31.2 Å². The van der Waals surface area contributed by atoms with Crippen molar-refractivity contribution in [1.29, 1.82) is 0 Å². The van der Waals surface area contributed by atoms with E-state index in [9.17, 15) is 0 Å². The van der Waals surface area contributed by atoms with Gasteiger partial charge in [-0.05, 0) is 34.1 Å². The lowest BCUT2D eigenvalue weighted by molar-refractivity contribution is 0.603. The Labute approximate surface area is 116 Å². The number of allylic oxidation sites excluding steroid dienone is 1. The number of alkyl halides is 1. The van der Waals surface area contributed by atoms with Crippen LogP contribution in [0.25, 0.3) is 17.0 Å². The van der Waals surface area contributed by atoms with E-state index >= 15 is 0 Å². The maximum Gasteiger partial charge on any atom is 0.143 e. The minimum atomic E-state index is 0.751. The van der Waals surface area contributed by atoms with Gasteiger partial charge in [-0.2, -0.15) is 0 Å². The normalized spacial score (nSPS) is 11.1. The van der Waals surface area contributed by atoms with Gasteiger partial charge in [0.15, 0.2) is 0 Å². The monoisotopic (exact) mass is 386 g/mol. The molecule has 1 nitrogen and oxygen atoms in total. The van der Waals surface area contributed by atoms with Crippen LogP contribution >= 0.6 is 38.5 Å². The molecule has 0 bridgehead atoms. The third kappa shape index (κ3) is 2.04. The van der Waals surface area contributed by atoms with Crippen LogP contribution in [0.4, 0.5) is 0 Å². The van der Waals surface area contributed by atoms with Crippen molar-refractivity contribution < 1.29 is 4.42 Å². The molecule has 0 saturated carbocycles. The second-order valence-electron chi connectivity index (χ2n) is 3.16. The molecule has 0 N–H and O–H groups in total. The predicted molar refractivity (Wildman–Crippen MR) is 79.8 cm³/mol. The Balaban J connectivity index is 2.73. The standard InChI is InChI=1S/C13H8BrIO/c1-2-9-11(7-4-8-15)16-12-6-3-5-10(14)13(9)12/h1,3-7H,8H2/b7-4-. The Hall–Kier alpha value is -0.730. The highest BCUT2D eigenvalue weighted by atomic mass is 127. The SMILES string of the molecule is C#Cc1c(/C=C\CI)oc2cccc(Br)c12. The number of terminal acetylenes is 1. The summed E-state index contributed by atoms with van der Waals surface area (Å²) >= 11 is 5.76. The van der Waals surface area contributed by atoms with Gasteiger partial charge in [0.05, 0.1) is 10.9 Å². The van der Waals surface area contributed by atoms with Gasteiger partial charge >= 0.3 is 0 Å². The molecule has 0 atom stereocenters. The molecule has 1 heterocycles. The third-order valence-electron chi connectivity index (χ3n) is 2.19. The summed E-state index contributed by atoms with van der Waals surface area (Å²) < 4.78 is 7.61. The second-order valence-corrected chi connectivity index (χ2v) is 4.89. The summed E-state index contributed by atoms with van der Waals surface area (Å²) in [7, 11) is 0. The lowest BCUT2D eigenvalue weighted by Gasteiger charge is -1.92. The van der Waals surface area contributed by atoms with E-state index in [0.29, 0.717) is 0 Å². The van der Waals surface area contributed by atoms with Gasteiger partial charge in [0.2, 0.25) is 0 Å². The van der Waals surface area contributed by atoms with Crippen LogP contribution in [-0.2, 0) is 0 Å². The van der Waals surface area contributed by atoms with Crippen LogP contribution in [0.1, 0.15) is 11.3 Å². The highest BCUT2D eigenvalue weighted by Gasteiger charge is 2.12. The van der Waals surface area contributed by atoms with Gasteiger partial charge in [-0.3, -0.25) is 0 Å². The summed E-state index contributed by atoms with van der Waals surface area (Å²) in [6.45, 7) is 0. The molecule has 0 fully saturated rings. The highest BCUT2D eigenvalue weighted by molar-refractivity contribution is 14.1. The van der Waals surface area contributed by atoms with E-state index < -0.39 is 0 Å². The predicted octanol–water partition coefficient (Wildman–Crippen LogP) is 4.62. The van der Waals surface area contributed by atoms with Gasteiger partial charge in [0.25, 0.3) is 0 Å². The Morgan fingerprint density at radius 3 is 3.00 bits per heavy atom. The van der Waals surface area contributed by atoms with E-state index in [2.05, 4.69) is 44.4 Å². The minimum absolute atomic E-state index is 0.751. The van der Waals surface area contributed by atoms with Crippen LogP contribution in [0.3, 0.4) is 0 Å². The molecule has 0 aliphatic carbocycles. The average Bonchev–Trinajstić information content (AvgIpc) is 2.65. The number of halogens is 2. The largest absolute Gasteiger partial charge is 0.455 e. The van der Waals surface area contributed by atoms with Crippen molar-refractivity contribution in [3.8, 4) is 12.3 Å². The molecule has 3 heteroatoms. The van der Waals surface area contributed by atoms with E-state index in [1.165, 1.54) is 0 Å². The summed E-state index contributed by atoms with van der Waals surface area (Å²) in [5.74, 6) is 3.44. The number of furan rings is 1. The lowest BCUT2D eigenvalue weighted by atomic mass is 10.1. The first-order valence-electron chi connectivity index (χ1n) is 4.68. The second kappa shape index (κ2) is 5.07. The molecule has 0 amide bonds. The smallest absolute Gasteiger partial charge is 0.143 e. The van der Waals surface area contributed by atoms with E-state index in [1.54, 1.807) is 0 Å². The zero-order chi connectivity index (χ0) is 11.5. The lowest BCUT2D eigenvalue weighted by Crippen LogP contribution is -1.76. The first-order valence-corrected chi connectivity index (χ1v) is 7.00. The molecule has 0 aliphatic heterocycles. The summed E-state index contributed by atoms with van der Waals surface area (Å²) in [6.07, 6.45) is 9.48. The average molecular weight is 387 g/mol. The molecular formula is C13H8BrIO. The molecule has 2 aromatic rings. The van der Waals surface area contributed by atoms with Gasteiger partial charge in [-0.25, -0.2) is 0 Å². The summed E-state index contributed by atoms with van der Waals surface area (Å²) in [5, 5.41) is 0.970. The summed E-state index contributed by atoms with van der Waals surface area (Å²) in [6, 6.07) is 5.81. The first kappa shape index (κ1) is 11.7. The Bertz CT molecular complexity index is 590. The molecule has 0 saturated heterocycles. The van der Waals surface area contributed by atoms with Crippen molar-refractivity contribution >= 4 is 55.6 Å². The fourth-order valence-electron chi connectivity index (χ4n) is 1.54. The maximum atomic E-state index is 5.71. The molecule has 0 unspecified atom stereocenters. The Morgan fingerprint density at radius 2 is 2.31 bits per heavy atom. The van der Waals surface area contributed by atoms with Gasteiger partial charge in [-0.15, -0.1) is 6.42 Å². The quantitative estimate of drug-likeness (QED) is 0.417. The summed E-state index contributed by atoms with van der Waals surface area (Å²) in [5.41, 5.74) is 1.62. The van der Waals surface area contributed by atoms with Crippen molar-refractivity contribution in [3.63, 3.8) is 0 Å². The van der Waals surface area contributed by atoms with Crippen LogP contribution in [0.5, 0.6) is 0 Å². The molecular weight excluding hydrogens is 379 g/mol. The fourth-order valence-corrected chi connectivity index (χ4v) is 2.34. The minimum Gasteiger partial charge on any atom is -0.455 e. The Kier molecular flexibility index (Phi) is 3.72. The van der Waals surface area contributed by atoms with Crippen LogP contribution in [0, 0.1) is 12.3 Å². The topological polar surface area (TPSA) is 13.1 Å². The maximum absolute atomic E-state index is 5.71. The molecule has 1 aromatic heterocycles. The van der Waals surface area contributed by atoms with E-state index in [1.807, 2.05) is 30.4 Å². The highest BCUT2D eigenvalue weighted by Crippen LogP contribution is 2.32. The van der Waals surface area contributed by atoms with Gasteiger partial charge < -0.3 is 4.42 Å². The fraction of sp³-hybridized carbons (Fsp3) is 0.0769. The van der Waals surface area contributed by atoms with Gasteiger partial charge in [0.1, 0.15) is 11.3 Å². The molecule has 0 radical (unpaired) electrons. The third-order valence-corrected chi connectivity index (χ3v) is 3.36. The van der Waals surface area contributed by atoms with Crippen molar-refractivity contribution in [3.05, 3.63) is 40.1 Å². The number of rotatable bonds is 2. The molecule has 0 aliphatic rings. The zero-order valence-electron chi connectivity index (χ0n) is 8.34. The summed E-state index contributed by atoms with van der Waals surface area (Å²) in [4.78, 5) is 0. The number of benzene rings is 1. The van der Waals surface area contributed by atoms with Crippen molar-refractivity contribution in [2.75, 3.05) is 4.43 Å². The zero-order valence-corrected chi connectivity index (χ0v) is 12.1. The van der Waals surface area contributed by atoms with Crippen LogP contribution < -0.4 is 0 Å².